The first kappa shape index (κ1) is 34.1. The van der Waals surface area contributed by atoms with Crippen LogP contribution in [0.15, 0.2) is 42.5 Å². The minimum Gasteiger partial charge on any atom is -0.457 e. The van der Waals surface area contributed by atoms with Crippen LogP contribution in [-0.4, -0.2) is 60.3 Å². The van der Waals surface area contributed by atoms with Crippen molar-refractivity contribution in [1.29, 1.82) is 0 Å². The first-order chi connectivity index (χ1) is 21.3. The maximum atomic E-state index is 14.0. The molecule has 1 unspecified atom stereocenters. The van der Waals surface area contributed by atoms with Crippen LogP contribution in [0.25, 0.3) is 11.0 Å². The van der Waals surface area contributed by atoms with Crippen LogP contribution in [0.5, 0.6) is 0 Å². The summed E-state index contributed by atoms with van der Waals surface area (Å²) in [6.07, 6.45) is 14.6. The third kappa shape index (κ3) is 9.61. The van der Waals surface area contributed by atoms with E-state index in [-0.39, 0.29) is 30.2 Å². The highest BCUT2D eigenvalue weighted by Crippen LogP contribution is 2.48. The van der Waals surface area contributed by atoms with Gasteiger partial charge in [0, 0.05) is 32.4 Å². The van der Waals surface area contributed by atoms with Crippen molar-refractivity contribution in [2.75, 3.05) is 33.9 Å². The van der Waals surface area contributed by atoms with Crippen LogP contribution in [0.4, 0.5) is 4.39 Å². The van der Waals surface area contributed by atoms with Gasteiger partial charge in [0.05, 0.1) is 11.0 Å². The van der Waals surface area contributed by atoms with E-state index in [2.05, 4.69) is 47.9 Å². The molecule has 3 aromatic rings. The SMILES string of the molecule is COCC(=O)O[C@]1(CCN(C)CCCCCCCCCCCc2nc3ccccc3[nH]2)CCc2cc(F)ccc2C1C(C)C. The fraction of sp³-hybridized carbons (Fsp3) is 0.622. The van der Waals surface area contributed by atoms with E-state index < -0.39 is 5.60 Å². The standard InChI is InChI=1S/C37H54FN3O3/c1-28(2)36-31-20-19-30(38)26-29(31)21-22-37(36,44-35(42)27-43-4)23-25-41(3)24-15-11-9-7-5-6-8-10-12-18-34-39-32-16-13-14-17-33(32)40-34/h13-14,16-17,19-20,26,28,36H,5-12,15,18,21-25,27H2,1-4H3,(H,39,40)/t36?,37-/m0/s1. The number of rotatable bonds is 19. The van der Waals surface area contributed by atoms with Crippen molar-refractivity contribution in [3.8, 4) is 0 Å². The molecule has 1 aromatic heterocycles. The summed E-state index contributed by atoms with van der Waals surface area (Å²) < 4.78 is 25.4. The van der Waals surface area contributed by atoms with Crippen LogP contribution in [0.2, 0.25) is 0 Å². The van der Waals surface area contributed by atoms with Crippen LogP contribution in [-0.2, 0) is 27.1 Å². The number of aromatic amines is 1. The Morgan fingerprint density at radius 2 is 1.73 bits per heavy atom. The molecule has 242 valence electrons. The summed E-state index contributed by atoms with van der Waals surface area (Å²) in [7, 11) is 3.69. The van der Waals surface area contributed by atoms with Gasteiger partial charge in [-0.25, -0.2) is 14.2 Å². The Morgan fingerprint density at radius 3 is 2.43 bits per heavy atom. The molecule has 2 aromatic carbocycles. The fourth-order valence-corrected chi connectivity index (χ4v) is 7.19. The Labute approximate surface area is 264 Å². The number of aryl methyl sites for hydroxylation is 2. The molecule has 7 heteroatoms. The highest BCUT2D eigenvalue weighted by atomic mass is 19.1. The van der Waals surface area contributed by atoms with E-state index in [0.29, 0.717) is 12.8 Å². The molecule has 0 aliphatic heterocycles. The van der Waals surface area contributed by atoms with Crippen LogP contribution in [0.1, 0.15) is 107 Å². The average molecular weight is 608 g/mol. The highest BCUT2D eigenvalue weighted by Gasteiger charge is 2.47. The predicted octanol–water partition coefficient (Wildman–Crippen LogP) is 8.39. The molecule has 0 bridgehead atoms. The molecular weight excluding hydrogens is 553 g/mol. The Balaban J connectivity index is 1.13. The van der Waals surface area contributed by atoms with Gasteiger partial charge in [0.1, 0.15) is 23.8 Å². The third-order valence-corrected chi connectivity index (χ3v) is 9.38. The second-order valence-electron chi connectivity index (χ2n) is 13.2. The topological polar surface area (TPSA) is 67.5 Å². The van der Waals surface area contributed by atoms with Crippen LogP contribution in [0.3, 0.4) is 0 Å². The van der Waals surface area contributed by atoms with Gasteiger partial charge in [0.25, 0.3) is 0 Å². The number of ether oxygens (including phenoxy) is 2. The van der Waals surface area contributed by atoms with Crippen molar-refractivity contribution < 1.29 is 18.7 Å². The van der Waals surface area contributed by atoms with Crippen molar-refractivity contribution in [3.63, 3.8) is 0 Å². The lowest BCUT2D eigenvalue weighted by Gasteiger charge is -2.47. The first-order valence-electron chi connectivity index (χ1n) is 16.9. The Hall–Kier alpha value is -2.77. The summed E-state index contributed by atoms with van der Waals surface area (Å²) in [5.74, 6) is 0.851. The summed E-state index contributed by atoms with van der Waals surface area (Å²) >= 11 is 0. The normalized spacial score (nSPS) is 18.3. The predicted molar refractivity (Wildman–Crippen MR) is 176 cm³/mol. The number of hydrogen-bond acceptors (Lipinski definition) is 5. The van der Waals surface area contributed by atoms with Crippen molar-refractivity contribution in [2.24, 2.45) is 5.92 Å². The van der Waals surface area contributed by atoms with Crippen molar-refractivity contribution in [2.45, 2.75) is 109 Å². The van der Waals surface area contributed by atoms with E-state index in [1.165, 1.54) is 71.0 Å². The number of fused-ring (bicyclic) bond motifs is 2. The smallest absolute Gasteiger partial charge is 0.332 e. The summed E-state index contributed by atoms with van der Waals surface area (Å²) in [6, 6.07) is 13.3. The lowest BCUT2D eigenvalue weighted by atomic mass is 9.65. The molecule has 1 aliphatic rings. The largest absolute Gasteiger partial charge is 0.457 e. The Kier molecular flexibility index (Phi) is 13.2. The fourth-order valence-electron chi connectivity index (χ4n) is 7.19. The van der Waals surface area contributed by atoms with E-state index >= 15 is 0 Å². The number of nitrogens with zero attached hydrogens (tertiary/aromatic N) is 2. The maximum absolute atomic E-state index is 14.0. The molecule has 4 rings (SSSR count). The van der Waals surface area contributed by atoms with Gasteiger partial charge >= 0.3 is 5.97 Å². The number of para-hydroxylation sites is 2. The number of benzene rings is 2. The van der Waals surface area contributed by atoms with E-state index in [4.69, 9.17) is 9.47 Å². The van der Waals surface area contributed by atoms with Gasteiger partial charge in [-0.2, -0.15) is 0 Å². The number of hydrogen-bond donors (Lipinski definition) is 1. The van der Waals surface area contributed by atoms with Gasteiger partial charge in [0.2, 0.25) is 0 Å². The third-order valence-electron chi connectivity index (χ3n) is 9.38. The van der Waals surface area contributed by atoms with Gasteiger partial charge in [0.15, 0.2) is 0 Å². The number of imidazole rings is 1. The van der Waals surface area contributed by atoms with Gasteiger partial charge in [-0.3, -0.25) is 0 Å². The number of methoxy groups -OCH3 is 1. The zero-order valence-corrected chi connectivity index (χ0v) is 27.5. The van der Waals surface area contributed by atoms with Gasteiger partial charge in [-0.15, -0.1) is 0 Å². The van der Waals surface area contributed by atoms with E-state index in [9.17, 15) is 9.18 Å². The average Bonchev–Trinajstić information content (AvgIpc) is 3.42. The molecule has 1 heterocycles. The molecule has 1 aliphatic carbocycles. The van der Waals surface area contributed by atoms with E-state index in [0.717, 1.165) is 53.9 Å². The number of unbranched alkanes of at least 4 members (excludes halogenated alkanes) is 8. The van der Waals surface area contributed by atoms with Crippen molar-refractivity contribution in [1.82, 2.24) is 14.9 Å². The molecule has 0 spiro atoms. The second kappa shape index (κ2) is 17.1. The van der Waals surface area contributed by atoms with Crippen molar-refractivity contribution in [3.05, 3.63) is 65.2 Å². The first-order valence-corrected chi connectivity index (χ1v) is 16.9. The number of nitrogens with one attached hydrogen (secondary N) is 1. The lowest BCUT2D eigenvalue weighted by Crippen LogP contribution is -2.49. The number of carbonyl (C=O) groups excluding carboxylic acids is 1. The summed E-state index contributed by atoms with van der Waals surface area (Å²) in [5.41, 5.74) is 3.74. The minimum absolute atomic E-state index is 0.0197. The molecule has 0 saturated heterocycles. The monoisotopic (exact) mass is 607 g/mol. The molecule has 0 amide bonds. The molecule has 0 radical (unpaired) electrons. The van der Waals surface area contributed by atoms with Gasteiger partial charge in [-0.05, 0) is 80.6 Å². The number of carbonyl (C=O) groups is 1. The quantitative estimate of drug-likeness (QED) is 0.110. The highest BCUT2D eigenvalue weighted by molar-refractivity contribution is 5.74. The zero-order valence-electron chi connectivity index (χ0n) is 27.5. The van der Waals surface area contributed by atoms with E-state index in [1.54, 1.807) is 6.07 Å². The molecule has 1 N–H and O–H groups in total. The van der Waals surface area contributed by atoms with Gasteiger partial charge in [-0.1, -0.05) is 77.0 Å². The van der Waals surface area contributed by atoms with Crippen molar-refractivity contribution >= 4 is 17.0 Å². The second-order valence-corrected chi connectivity index (χ2v) is 13.2. The number of halogens is 1. The van der Waals surface area contributed by atoms with Gasteiger partial charge < -0.3 is 19.4 Å². The van der Waals surface area contributed by atoms with Crippen LogP contribution >= 0.6 is 0 Å². The van der Waals surface area contributed by atoms with E-state index in [1.807, 2.05) is 18.2 Å². The molecule has 6 nitrogen and oxygen atoms in total. The summed E-state index contributed by atoms with van der Waals surface area (Å²) in [6.45, 7) is 6.19. The molecule has 0 fully saturated rings. The Bertz CT molecular complexity index is 1280. The molecular formula is C37H54FN3O3. The number of aromatic nitrogens is 2. The summed E-state index contributed by atoms with van der Waals surface area (Å²) in [4.78, 5) is 23.2. The molecule has 44 heavy (non-hydrogen) atoms. The molecule has 2 atom stereocenters. The Morgan fingerprint density at radius 1 is 1.02 bits per heavy atom. The maximum Gasteiger partial charge on any atom is 0.332 e. The zero-order chi connectivity index (χ0) is 31.4. The van der Waals surface area contributed by atoms with Crippen LogP contribution < -0.4 is 0 Å². The number of esters is 1. The summed E-state index contributed by atoms with van der Waals surface area (Å²) in [5, 5.41) is 0. The lowest BCUT2D eigenvalue weighted by molar-refractivity contribution is -0.172. The minimum atomic E-state index is -0.616. The van der Waals surface area contributed by atoms with Crippen LogP contribution in [0, 0.1) is 11.7 Å². The molecule has 0 saturated carbocycles. The number of H-pyrrole nitrogens is 1.